The van der Waals surface area contributed by atoms with Crippen LogP contribution in [0.5, 0.6) is 0 Å². The lowest BCUT2D eigenvalue weighted by atomic mass is 10.0. The van der Waals surface area contributed by atoms with Crippen molar-refractivity contribution in [2.45, 2.75) is 33.2 Å². The normalized spacial score (nSPS) is 12.8. The number of hydrogen-bond donors (Lipinski definition) is 1. The van der Waals surface area contributed by atoms with Gasteiger partial charge in [-0.05, 0) is 18.9 Å². The second-order valence-electron chi connectivity index (χ2n) is 4.51. The number of nitro groups is 1. The van der Waals surface area contributed by atoms with Gasteiger partial charge in [-0.25, -0.2) is 8.78 Å². The predicted octanol–water partition coefficient (Wildman–Crippen LogP) is 3.99. The Balaban J connectivity index is 3.08. The number of rotatable bonds is 5. The minimum absolute atomic E-state index is 0.00366. The third kappa shape index (κ3) is 3.38. The lowest BCUT2D eigenvalue weighted by Crippen LogP contribution is -2.22. The molecule has 0 aromatic heterocycles. The first kappa shape index (κ1) is 14.3. The Labute approximate surface area is 104 Å². The zero-order valence-electron chi connectivity index (χ0n) is 10.5. The highest BCUT2D eigenvalue weighted by molar-refractivity contribution is 5.57. The fraction of sp³-hybridized carbons (Fsp3) is 0.500. The number of benzene rings is 1. The highest BCUT2D eigenvalue weighted by Gasteiger charge is 2.19. The third-order valence-electron chi connectivity index (χ3n) is 2.86. The van der Waals surface area contributed by atoms with E-state index < -0.39 is 11.3 Å². The minimum atomic E-state index is -2.74. The van der Waals surface area contributed by atoms with Crippen LogP contribution in [0.2, 0.25) is 0 Å². The first-order valence-electron chi connectivity index (χ1n) is 5.66. The summed E-state index contributed by atoms with van der Waals surface area (Å²) in [6.45, 7) is 5.80. The fourth-order valence-electron chi connectivity index (χ4n) is 1.39. The molecule has 0 fully saturated rings. The highest BCUT2D eigenvalue weighted by Crippen LogP contribution is 2.31. The first-order valence-corrected chi connectivity index (χ1v) is 5.66. The molecule has 6 heteroatoms. The Hall–Kier alpha value is -1.72. The Morgan fingerprint density at radius 1 is 1.28 bits per heavy atom. The Morgan fingerprint density at radius 3 is 2.33 bits per heavy atom. The monoisotopic (exact) mass is 258 g/mol. The van der Waals surface area contributed by atoms with E-state index in [0.29, 0.717) is 0 Å². The molecule has 0 amide bonds. The van der Waals surface area contributed by atoms with Crippen molar-refractivity contribution >= 4 is 11.4 Å². The van der Waals surface area contributed by atoms with Crippen molar-refractivity contribution in [1.82, 2.24) is 0 Å². The summed E-state index contributed by atoms with van der Waals surface area (Å²) in [4.78, 5) is 9.88. The first-order chi connectivity index (χ1) is 8.32. The van der Waals surface area contributed by atoms with E-state index in [0.717, 1.165) is 6.07 Å². The fourth-order valence-corrected chi connectivity index (χ4v) is 1.39. The number of halogens is 2. The topological polar surface area (TPSA) is 55.2 Å². The van der Waals surface area contributed by atoms with E-state index in [2.05, 4.69) is 5.32 Å². The molecule has 1 unspecified atom stereocenters. The van der Waals surface area contributed by atoms with Crippen molar-refractivity contribution in [2.24, 2.45) is 5.92 Å². The summed E-state index contributed by atoms with van der Waals surface area (Å²) < 4.78 is 25.7. The van der Waals surface area contributed by atoms with Crippen molar-refractivity contribution in [3.63, 3.8) is 0 Å². The van der Waals surface area contributed by atoms with Gasteiger partial charge < -0.3 is 5.32 Å². The molecule has 0 aliphatic heterocycles. The maximum Gasteiger partial charge on any atom is 0.270 e. The van der Waals surface area contributed by atoms with Crippen molar-refractivity contribution in [3.8, 4) is 0 Å². The van der Waals surface area contributed by atoms with Crippen molar-refractivity contribution < 1.29 is 13.7 Å². The van der Waals surface area contributed by atoms with E-state index in [-0.39, 0.29) is 28.9 Å². The molecule has 0 saturated carbocycles. The molecular weight excluding hydrogens is 242 g/mol. The van der Waals surface area contributed by atoms with Crippen LogP contribution < -0.4 is 5.32 Å². The van der Waals surface area contributed by atoms with E-state index in [9.17, 15) is 18.9 Å². The number of nitro benzene ring substituents is 1. The summed E-state index contributed by atoms with van der Waals surface area (Å²) in [5, 5.41) is 13.5. The van der Waals surface area contributed by atoms with Gasteiger partial charge in [0, 0.05) is 29.4 Å². The molecule has 1 rings (SSSR count). The zero-order chi connectivity index (χ0) is 13.9. The second kappa shape index (κ2) is 5.75. The molecule has 1 N–H and O–H groups in total. The Bertz CT molecular complexity index is 436. The molecule has 1 aromatic rings. The second-order valence-corrected chi connectivity index (χ2v) is 4.51. The van der Waals surface area contributed by atoms with E-state index in [4.69, 9.17) is 0 Å². The Kier molecular flexibility index (Phi) is 4.58. The quantitative estimate of drug-likeness (QED) is 0.641. The van der Waals surface area contributed by atoms with E-state index in [1.807, 2.05) is 20.8 Å². The molecule has 100 valence electrons. The average Bonchev–Trinajstić information content (AvgIpc) is 2.28. The number of non-ortho nitro benzene ring substituents is 1. The van der Waals surface area contributed by atoms with Gasteiger partial charge in [0.2, 0.25) is 0 Å². The van der Waals surface area contributed by atoms with Gasteiger partial charge in [0.05, 0.1) is 4.92 Å². The van der Waals surface area contributed by atoms with Crippen molar-refractivity contribution in [1.29, 1.82) is 0 Å². The lowest BCUT2D eigenvalue weighted by Gasteiger charge is -2.20. The standard InChI is InChI=1S/C12H16F2N2O2/c1-7(2)8(3)15-11-5-4-9(16(17)18)6-10(11)12(13)14/h4-8,12,15H,1-3H3. The van der Waals surface area contributed by atoms with Crippen LogP contribution >= 0.6 is 0 Å². The largest absolute Gasteiger partial charge is 0.382 e. The lowest BCUT2D eigenvalue weighted by molar-refractivity contribution is -0.385. The van der Waals surface area contributed by atoms with Crippen LogP contribution in [0.3, 0.4) is 0 Å². The Morgan fingerprint density at radius 2 is 1.89 bits per heavy atom. The van der Waals surface area contributed by atoms with Crippen LogP contribution in [0.1, 0.15) is 32.8 Å². The molecule has 0 bridgehead atoms. The van der Waals surface area contributed by atoms with Crippen LogP contribution in [0, 0.1) is 16.0 Å². The molecule has 1 atom stereocenters. The summed E-state index contributed by atoms with van der Waals surface area (Å²) in [7, 11) is 0. The smallest absolute Gasteiger partial charge is 0.270 e. The summed E-state index contributed by atoms with van der Waals surface area (Å²) in [6.07, 6.45) is -2.74. The molecule has 0 aliphatic rings. The molecule has 0 saturated heterocycles. The molecule has 18 heavy (non-hydrogen) atoms. The van der Waals surface area contributed by atoms with Crippen LogP contribution in [0.4, 0.5) is 20.2 Å². The SMILES string of the molecule is CC(C)C(C)Nc1ccc([N+](=O)[O-])cc1C(F)F. The average molecular weight is 258 g/mol. The number of alkyl halides is 2. The van der Waals surface area contributed by atoms with Crippen LogP contribution in [-0.4, -0.2) is 11.0 Å². The maximum atomic E-state index is 12.9. The third-order valence-corrected chi connectivity index (χ3v) is 2.86. The number of nitrogens with zero attached hydrogens (tertiary/aromatic N) is 1. The zero-order valence-corrected chi connectivity index (χ0v) is 10.5. The van der Waals surface area contributed by atoms with Gasteiger partial charge in [-0.3, -0.25) is 10.1 Å². The summed E-state index contributed by atoms with van der Waals surface area (Å²) in [5.41, 5.74) is -0.415. The molecule has 0 aliphatic carbocycles. The van der Waals surface area contributed by atoms with Crippen LogP contribution in [0.25, 0.3) is 0 Å². The molecular formula is C12H16F2N2O2. The van der Waals surface area contributed by atoms with Gasteiger partial charge in [-0.2, -0.15) is 0 Å². The number of hydrogen-bond acceptors (Lipinski definition) is 3. The van der Waals surface area contributed by atoms with Crippen LogP contribution in [0.15, 0.2) is 18.2 Å². The van der Waals surface area contributed by atoms with E-state index in [1.165, 1.54) is 12.1 Å². The van der Waals surface area contributed by atoms with Crippen molar-refractivity contribution in [2.75, 3.05) is 5.32 Å². The van der Waals surface area contributed by atoms with E-state index >= 15 is 0 Å². The molecule has 0 heterocycles. The van der Waals surface area contributed by atoms with Gasteiger partial charge in [0.25, 0.3) is 12.1 Å². The van der Waals surface area contributed by atoms with Gasteiger partial charge in [-0.1, -0.05) is 13.8 Å². The molecule has 0 radical (unpaired) electrons. The molecule has 0 spiro atoms. The van der Waals surface area contributed by atoms with Gasteiger partial charge in [0.1, 0.15) is 0 Å². The predicted molar refractivity (Wildman–Crippen MR) is 66.0 cm³/mol. The number of nitrogens with one attached hydrogen (secondary N) is 1. The molecule has 4 nitrogen and oxygen atoms in total. The van der Waals surface area contributed by atoms with Crippen molar-refractivity contribution in [3.05, 3.63) is 33.9 Å². The maximum absolute atomic E-state index is 12.9. The van der Waals surface area contributed by atoms with Crippen LogP contribution in [-0.2, 0) is 0 Å². The minimum Gasteiger partial charge on any atom is -0.382 e. The van der Waals surface area contributed by atoms with Gasteiger partial charge in [-0.15, -0.1) is 0 Å². The van der Waals surface area contributed by atoms with Gasteiger partial charge in [0.15, 0.2) is 0 Å². The summed E-state index contributed by atoms with van der Waals surface area (Å²) in [5.74, 6) is 0.269. The summed E-state index contributed by atoms with van der Waals surface area (Å²) >= 11 is 0. The summed E-state index contributed by atoms with van der Waals surface area (Å²) in [6, 6.07) is 3.48. The van der Waals surface area contributed by atoms with Gasteiger partial charge >= 0.3 is 0 Å². The van der Waals surface area contributed by atoms with E-state index in [1.54, 1.807) is 0 Å². The highest BCUT2D eigenvalue weighted by atomic mass is 19.3. The number of anilines is 1. The molecule has 1 aromatic carbocycles.